The second-order valence-corrected chi connectivity index (χ2v) is 3.69. The van der Waals surface area contributed by atoms with Crippen molar-refractivity contribution in [3.05, 3.63) is 22.4 Å². The summed E-state index contributed by atoms with van der Waals surface area (Å²) in [6.45, 7) is 3.19. The minimum Gasteiger partial charge on any atom is -0.275 e. The number of hydrogen-bond acceptors (Lipinski definition) is 3. The number of nitrogens with zero attached hydrogens (tertiary/aromatic N) is 4. The molecule has 5 nitrogen and oxygen atoms in total. The molecule has 0 spiro atoms. The predicted molar refractivity (Wildman–Crippen MR) is 58.2 cm³/mol. The van der Waals surface area contributed by atoms with Gasteiger partial charge >= 0.3 is 5.69 Å². The molecule has 92 valence electrons. The molecule has 0 bridgehead atoms. The van der Waals surface area contributed by atoms with Gasteiger partial charge in [-0.2, -0.15) is 0 Å². The van der Waals surface area contributed by atoms with Crippen molar-refractivity contribution in [1.29, 1.82) is 0 Å². The Kier molecular flexibility index (Phi) is 2.91. The molecule has 0 aliphatic carbocycles. The number of rotatable bonds is 3. The van der Waals surface area contributed by atoms with Crippen LogP contribution in [0.1, 0.15) is 12.6 Å². The molecule has 0 aromatic carbocycles. The molecule has 0 radical (unpaired) electrons. The molecule has 17 heavy (non-hydrogen) atoms. The first-order valence-corrected chi connectivity index (χ1v) is 5.25. The van der Waals surface area contributed by atoms with E-state index in [2.05, 4.69) is 9.97 Å². The Hall–Kier alpha value is -1.79. The fraction of sp³-hybridized carbons (Fsp3) is 0.500. The van der Waals surface area contributed by atoms with Gasteiger partial charge in [-0.3, -0.25) is 9.13 Å². The maximum Gasteiger partial charge on any atom is 0.331 e. The Morgan fingerprint density at radius 3 is 2.65 bits per heavy atom. The number of alkyl halides is 2. The maximum atomic E-state index is 12.4. The van der Waals surface area contributed by atoms with Crippen LogP contribution in [-0.4, -0.2) is 25.5 Å². The van der Waals surface area contributed by atoms with Crippen LogP contribution >= 0.6 is 0 Å². The molecule has 2 rings (SSSR count). The van der Waals surface area contributed by atoms with Gasteiger partial charge in [0.25, 0.3) is 6.43 Å². The smallest absolute Gasteiger partial charge is 0.275 e. The third-order valence-electron chi connectivity index (χ3n) is 2.47. The normalized spacial score (nSPS) is 11.6. The lowest BCUT2D eigenvalue weighted by Gasteiger charge is -2.00. The summed E-state index contributed by atoms with van der Waals surface area (Å²) >= 11 is 0. The van der Waals surface area contributed by atoms with Crippen LogP contribution in [0.4, 0.5) is 8.78 Å². The lowest BCUT2D eigenvalue weighted by molar-refractivity contribution is 0.126. The van der Waals surface area contributed by atoms with E-state index in [1.807, 2.05) is 0 Å². The van der Waals surface area contributed by atoms with Crippen molar-refractivity contribution in [3.63, 3.8) is 0 Å². The molecule has 0 aliphatic heterocycles. The molecule has 2 heterocycles. The van der Waals surface area contributed by atoms with E-state index in [0.29, 0.717) is 17.9 Å². The van der Waals surface area contributed by atoms with Crippen molar-refractivity contribution in [2.75, 3.05) is 0 Å². The number of aromatic nitrogens is 4. The van der Waals surface area contributed by atoms with Gasteiger partial charge in [0.05, 0.1) is 18.4 Å². The summed E-state index contributed by atoms with van der Waals surface area (Å²) in [5.41, 5.74) is 0.670. The van der Waals surface area contributed by atoms with E-state index in [4.69, 9.17) is 0 Å². The van der Waals surface area contributed by atoms with Gasteiger partial charge in [0, 0.05) is 6.54 Å². The van der Waals surface area contributed by atoms with Crippen LogP contribution in [0.3, 0.4) is 0 Å². The van der Waals surface area contributed by atoms with Crippen molar-refractivity contribution in [3.8, 4) is 0 Å². The first-order chi connectivity index (χ1) is 8.04. The first-order valence-electron chi connectivity index (χ1n) is 5.25. The topological polar surface area (TPSA) is 52.7 Å². The summed E-state index contributed by atoms with van der Waals surface area (Å²) in [6.07, 6.45) is -1.08. The molecular formula is C10H12F2N4O. The molecule has 0 N–H and O–H groups in total. The summed E-state index contributed by atoms with van der Waals surface area (Å²) in [7, 11) is 0. The first kappa shape index (κ1) is 11.7. The fourth-order valence-electron chi connectivity index (χ4n) is 1.74. The predicted octanol–water partition coefficient (Wildman–Crippen LogP) is 1.19. The highest BCUT2D eigenvalue weighted by atomic mass is 19.3. The number of hydrogen-bond donors (Lipinski definition) is 0. The van der Waals surface area contributed by atoms with E-state index in [0.717, 1.165) is 4.57 Å². The largest absolute Gasteiger partial charge is 0.331 e. The minimum absolute atomic E-state index is 0.220. The molecule has 0 unspecified atom stereocenters. The molecule has 2 aromatic heterocycles. The molecule has 7 heteroatoms. The summed E-state index contributed by atoms with van der Waals surface area (Å²) in [6, 6.07) is 0. The van der Waals surface area contributed by atoms with Crippen LogP contribution in [0.5, 0.6) is 0 Å². The summed E-state index contributed by atoms with van der Waals surface area (Å²) in [5, 5.41) is 0. The van der Waals surface area contributed by atoms with Crippen molar-refractivity contribution >= 4 is 11.3 Å². The highest BCUT2D eigenvalue weighted by Crippen LogP contribution is 2.10. The van der Waals surface area contributed by atoms with Gasteiger partial charge < -0.3 is 0 Å². The summed E-state index contributed by atoms with van der Waals surface area (Å²) in [5.74, 6) is 0. The van der Waals surface area contributed by atoms with Crippen molar-refractivity contribution < 1.29 is 8.78 Å². The minimum atomic E-state index is -2.59. The van der Waals surface area contributed by atoms with E-state index in [-0.39, 0.29) is 5.65 Å². The van der Waals surface area contributed by atoms with E-state index in [1.54, 1.807) is 13.8 Å². The molecule has 2 aromatic rings. The summed E-state index contributed by atoms with van der Waals surface area (Å²) < 4.78 is 27.2. The van der Waals surface area contributed by atoms with Crippen LogP contribution in [0, 0.1) is 6.92 Å². The lowest BCUT2D eigenvalue weighted by atomic mass is 10.5. The van der Waals surface area contributed by atoms with Crippen LogP contribution in [0.25, 0.3) is 11.3 Å². The SMILES string of the molecule is CCn1c(=O)n(CC(F)F)c2nc(C)cnc21. The van der Waals surface area contributed by atoms with Crippen LogP contribution < -0.4 is 5.69 Å². The van der Waals surface area contributed by atoms with Gasteiger partial charge in [-0.1, -0.05) is 0 Å². The second-order valence-electron chi connectivity index (χ2n) is 3.69. The Bertz CT molecular complexity index is 602. The molecule has 0 saturated carbocycles. The Labute approximate surface area is 95.7 Å². The zero-order valence-electron chi connectivity index (χ0n) is 9.52. The quantitative estimate of drug-likeness (QED) is 0.812. The second kappa shape index (κ2) is 4.23. The lowest BCUT2D eigenvalue weighted by Crippen LogP contribution is -2.26. The van der Waals surface area contributed by atoms with E-state index >= 15 is 0 Å². The van der Waals surface area contributed by atoms with Gasteiger partial charge in [-0.05, 0) is 13.8 Å². The average Bonchev–Trinajstić information content (AvgIpc) is 2.51. The third kappa shape index (κ3) is 1.92. The van der Waals surface area contributed by atoms with Crippen molar-refractivity contribution in [1.82, 2.24) is 19.1 Å². The van der Waals surface area contributed by atoms with Gasteiger partial charge in [-0.15, -0.1) is 0 Å². The Morgan fingerprint density at radius 1 is 1.35 bits per heavy atom. The van der Waals surface area contributed by atoms with Crippen LogP contribution in [0.15, 0.2) is 11.0 Å². The van der Waals surface area contributed by atoms with Crippen molar-refractivity contribution in [2.24, 2.45) is 0 Å². The zero-order valence-corrected chi connectivity index (χ0v) is 9.52. The molecule has 0 aliphatic rings. The standard InChI is InChI=1S/C10H12F2N4O/c1-3-15-8-9(14-6(2)4-13-8)16(10(15)17)5-7(11)12/h4,7H,3,5H2,1-2H3. The number of fused-ring (bicyclic) bond motifs is 1. The van der Waals surface area contributed by atoms with E-state index in [9.17, 15) is 13.6 Å². The maximum absolute atomic E-state index is 12.4. The monoisotopic (exact) mass is 242 g/mol. The van der Waals surface area contributed by atoms with Gasteiger partial charge in [-0.25, -0.2) is 23.5 Å². The van der Waals surface area contributed by atoms with Crippen LogP contribution in [0.2, 0.25) is 0 Å². The molecule has 0 amide bonds. The highest BCUT2D eigenvalue weighted by molar-refractivity contribution is 5.66. The molecule has 0 atom stereocenters. The van der Waals surface area contributed by atoms with E-state index in [1.165, 1.54) is 10.8 Å². The van der Waals surface area contributed by atoms with Crippen LogP contribution in [-0.2, 0) is 13.1 Å². The van der Waals surface area contributed by atoms with Gasteiger partial charge in [0.15, 0.2) is 11.3 Å². The highest BCUT2D eigenvalue weighted by Gasteiger charge is 2.17. The fourth-order valence-corrected chi connectivity index (χ4v) is 1.74. The Morgan fingerprint density at radius 2 is 2.06 bits per heavy atom. The van der Waals surface area contributed by atoms with Crippen molar-refractivity contribution in [2.45, 2.75) is 33.4 Å². The third-order valence-corrected chi connectivity index (χ3v) is 2.47. The number of halogens is 2. The number of imidazole rings is 1. The number of aryl methyl sites for hydroxylation is 2. The summed E-state index contributed by atoms with van der Waals surface area (Å²) in [4.78, 5) is 20.1. The van der Waals surface area contributed by atoms with E-state index < -0.39 is 18.7 Å². The average molecular weight is 242 g/mol. The zero-order chi connectivity index (χ0) is 12.6. The molecule has 0 saturated heterocycles. The molecule has 0 fully saturated rings. The Balaban J connectivity index is 2.76. The van der Waals surface area contributed by atoms with Gasteiger partial charge in [0.1, 0.15) is 0 Å². The molecular weight excluding hydrogens is 230 g/mol. The van der Waals surface area contributed by atoms with Gasteiger partial charge in [0.2, 0.25) is 0 Å².